The number of halogens is 1. The van der Waals surface area contributed by atoms with Crippen LogP contribution in [-0.2, 0) is 6.54 Å². The van der Waals surface area contributed by atoms with Gasteiger partial charge in [-0.2, -0.15) is 0 Å². The van der Waals surface area contributed by atoms with E-state index in [0.29, 0.717) is 18.2 Å². The van der Waals surface area contributed by atoms with Crippen molar-refractivity contribution in [3.05, 3.63) is 35.1 Å². The second-order valence-electron chi connectivity index (χ2n) is 4.26. The Morgan fingerprint density at radius 1 is 1.47 bits per heavy atom. The van der Waals surface area contributed by atoms with Crippen LogP contribution in [0, 0.1) is 5.82 Å². The highest BCUT2D eigenvalue weighted by atomic mass is 19.1. The molecule has 0 unspecified atom stereocenters. The Hall–Kier alpha value is -1.42. The Kier molecular flexibility index (Phi) is 4.63. The van der Waals surface area contributed by atoms with Gasteiger partial charge in [0.2, 0.25) is 0 Å². The van der Waals surface area contributed by atoms with E-state index in [0.717, 1.165) is 6.54 Å². The Labute approximate surface area is 101 Å². The van der Waals surface area contributed by atoms with Gasteiger partial charge in [-0.25, -0.2) is 9.18 Å². The van der Waals surface area contributed by atoms with Crippen LogP contribution < -0.4 is 0 Å². The van der Waals surface area contributed by atoms with E-state index in [1.165, 1.54) is 18.2 Å². The molecule has 4 heteroatoms. The lowest BCUT2D eigenvalue weighted by Gasteiger charge is -2.25. The van der Waals surface area contributed by atoms with Crippen molar-refractivity contribution in [1.82, 2.24) is 4.90 Å². The lowest BCUT2D eigenvalue weighted by molar-refractivity contribution is 0.0694. The molecule has 0 aliphatic rings. The molecule has 17 heavy (non-hydrogen) atoms. The van der Waals surface area contributed by atoms with E-state index in [4.69, 9.17) is 5.11 Å². The topological polar surface area (TPSA) is 40.5 Å². The number of carboxylic acid groups (broad SMARTS) is 1. The third-order valence-corrected chi connectivity index (χ3v) is 2.81. The molecule has 0 bridgehead atoms. The summed E-state index contributed by atoms with van der Waals surface area (Å²) in [5.41, 5.74) is 0.693. The van der Waals surface area contributed by atoms with E-state index >= 15 is 0 Å². The summed E-state index contributed by atoms with van der Waals surface area (Å²) >= 11 is 0. The Balaban J connectivity index is 3.03. The van der Waals surface area contributed by atoms with Crippen molar-refractivity contribution in [3.8, 4) is 0 Å². The first-order valence-corrected chi connectivity index (χ1v) is 5.71. The third kappa shape index (κ3) is 3.53. The molecule has 1 aromatic carbocycles. The molecule has 0 aliphatic carbocycles. The second kappa shape index (κ2) is 5.77. The van der Waals surface area contributed by atoms with Crippen molar-refractivity contribution in [3.63, 3.8) is 0 Å². The lowest BCUT2D eigenvalue weighted by Crippen LogP contribution is -2.30. The van der Waals surface area contributed by atoms with Crippen LogP contribution >= 0.6 is 0 Å². The zero-order valence-electron chi connectivity index (χ0n) is 10.4. The summed E-state index contributed by atoms with van der Waals surface area (Å²) in [7, 11) is 0. The van der Waals surface area contributed by atoms with E-state index in [1.807, 2.05) is 20.8 Å². The lowest BCUT2D eigenvalue weighted by atomic mass is 10.1. The molecule has 1 aromatic rings. The van der Waals surface area contributed by atoms with Crippen molar-refractivity contribution in [1.29, 1.82) is 0 Å². The first-order valence-electron chi connectivity index (χ1n) is 5.71. The number of carboxylic acids is 1. The number of hydrogen-bond acceptors (Lipinski definition) is 2. The highest BCUT2D eigenvalue weighted by Crippen LogP contribution is 2.15. The minimum Gasteiger partial charge on any atom is -0.478 e. The standard InChI is InChI=1S/C13H18FNO2/c1-4-15(9(2)3)8-10-7-11(14)5-6-12(10)13(16)17/h5-7,9H,4,8H2,1-3H3,(H,16,17). The largest absolute Gasteiger partial charge is 0.478 e. The van der Waals surface area contributed by atoms with Crippen LogP contribution in [0.25, 0.3) is 0 Å². The van der Waals surface area contributed by atoms with Crippen LogP contribution in [0.5, 0.6) is 0 Å². The first-order chi connectivity index (χ1) is 7.95. The summed E-state index contributed by atoms with van der Waals surface area (Å²) in [4.78, 5) is 13.1. The van der Waals surface area contributed by atoms with Crippen molar-refractivity contribution < 1.29 is 14.3 Å². The van der Waals surface area contributed by atoms with Crippen molar-refractivity contribution in [2.24, 2.45) is 0 Å². The summed E-state index contributed by atoms with van der Waals surface area (Å²) in [6.45, 7) is 7.31. The van der Waals surface area contributed by atoms with Gasteiger partial charge in [-0.3, -0.25) is 4.90 Å². The molecule has 1 N–H and O–H groups in total. The molecule has 0 spiro atoms. The summed E-state index contributed by atoms with van der Waals surface area (Å²) in [6.07, 6.45) is 0. The summed E-state index contributed by atoms with van der Waals surface area (Å²) in [6, 6.07) is 4.10. The average molecular weight is 239 g/mol. The van der Waals surface area contributed by atoms with Crippen LogP contribution in [-0.4, -0.2) is 28.6 Å². The number of aromatic carboxylic acids is 1. The number of rotatable bonds is 5. The molecule has 0 aliphatic heterocycles. The van der Waals surface area contributed by atoms with Crippen LogP contribution in [0.2, 0.25) is 0 Å². The van der Waals surface area contributed by atoms with Gasteiger partial charge in [0.25, 0.3) is 0 Å². The maximum absolute atomic E-state index is 13.2. The van der Waals surface area contributed by atoms with Crippen LogP contribution in [0.1, 0.15) is 36.7 Å². The SMILES string of the molecule is CCN(Cc1cc(F)ccc1C(=O)O)C(C)C. The van der Waals surface area contributed by atoms with Gasteiger partial charge in [0.15, 0.2) is 0 Å². The third-order valence-electron chi connectivity index (χ3n) is 2.81. The Bertz CT molecular complexity index is 404. The summed E-state index contributed by atoms with van der Waals surface area (Å²) in [5, 5.41) is 9.04. The van der Waals surface area contributed by atoms with Gasteiger partial charge >= 0.3 is 5.97 Å². The molecule has 3 nitrogen and oxygen atoms in total. The number of carbonyl (C=O) groups is 1. The molecule has 0 saturated carbocycles. The van der Waals surface area contributed by atoms with Gasteiger partial charge in [-0.15, -0.1) is 0 Å². The Morgan fingerprint density at radius 3 is 2.59 bits per heavy atom. The quantitative estimate of drug-likeness (QED) is 0.859. The molecule has 0 aromatic heterocycles. The Morgan fingerprint density at radius 2 is 2.12 bits per heavy atom. The normalized spacial score (nSPS) is 11.2. The predicted octanol–water partition coefficient (Wildman–Crippen LogP) is 2.75. The highest BCUT2D eigenvalue weighted by molar-refractivity contribution is 5.89. The smallest absolute Gasteiger partial charge is 0.336 e. The zero-order chi connectivity index (χ0) is 13.0. The van der Waals surface area contributed by atoms with E-state index in [9.17, 15) is 9.18 Å². The average Bonchev–Trinajstić information content (AvgIpc) is 2.25. The maximum atomic E-state index is 13.2. The van der Waals surface area contributed by atoms with E-state index in [1.54, 1.807) is 0 Å². The minimum atomic E-state index is -1.01. The molecule has 0 amide bonds. The minimum absolute atomic E-state index is 0.172. The number of benzene rings is 1. The van der Waals surface area contributed by atoms with Gasteiger partial charge in [-0.05, 0) is 44.2 Å². The van der Waals surface area contributed by atoms with Crippen molar-refractivity contribution in [2.75, 3.05) is 6.54 Å². The maximum Gasteiger partial charge on any atom is 0.336 e. The molecular formula is C13H18FNO2. The summed E-state index contributed by atoms with van der Waals surface area (Å²) in [5.74, 6) is -1.41. The molecule has 0 heterocycles. The molecular weight excluding hydrogens is 221 g/mol. The zero-order valence-corrected chi connectivity index (χ0v) is 10.4. The van der Waals surface area contributed by atoms with Gasteiger partial charge in [0.05, 0.1) is 5.56 Å². The molecule has 0 saturated heterocycles. The molecule has 0 fully saturated rings. The van der Waals surface area contributed by atoms with Gasteiger partial charge in [0.1, 0.15) is 5.82 Å². The molecule has 1 rings (SSSR count). The van der Waals surface area contributed by atoms with Crippen molar-refractivity contribution in [2.45, 2.75) is 33.4 Å². The van der Waals surface area contributed by atoms with Gasteiger partial charge in [-0.1, -0.05) is 6.92 Å². The summed E-state index contributed by atoms with van der Waals surface area (Å²) < 4.78 is 13.2. The fourth-order valence-corrected chi connectivity index (χ4v) is 1.78. The van der Waals surface area contributed by atoms with Gasteiger partial charge < -0.3 is 5.11 Å². The van der Waals surface area contributed by atoms with Crippen LogP contribution in [0.4, 0.5) is 4.39 Å². The van der Waals surface area contributed by atoms with E-state index in [-0.39, 0.29) is 5.56 Å². The monoisotopic (exact) mass is 239 g/mol. The van der Waals surface area contributed by atoms with Gasteiger partial charge in [0, 0.05) is 12.6 Å². The highest BCUT2D eigenvalue weighted by Gasteiger charge is 2.15. The molecule has 0 radical (unpaired) electrons. The fourth-order valence-electron chi connectivity index (χ4n) is 1.78. The molecule has 0 atom stereocenters. The predicted molar refractivity (Wildman–Crippen MR) is 64.6 cm³/mol. The fraction of sp³-hybridized carbons (Fsp3) is 0.462. The van der Waals surface area contributed by atoms with E-state index < -0.39 is 11.8 Å². The molecule has 94 valence electrons. The number of nitrogens with zero attached hydrogens (tertiary/aromatic N) is 1. The number of hydrogen-bond donors (Lipinski definition) is 1. The first kappa shape index (κ1) is 13.6. The van der Waals surface area contributed by atoms with Crippen molar-refractivity contribution >= 4 is 5.97 Å². The van der Waals surface area contributed by atoms with Crippen LogP contribution in [0.3, 0.4) is 0 Å². The van der Waals surface area contributed by atoms with E-state index in [2.05, 4.69) is 4.90 Å². The van der Waals surface area contributed by atoms with Crippen LogP contribution in [0.15, 0.2) is 18.2 Å². The second-order valence-corrected chi connectivity index (χ2v) is 4.26.